The molecule has 0 aromatic heterocycles. The summed E-state index contributed by atoms with van der Waals surface area (Å²) in [6.07, 6.45) is -4.10. The number of carbonyl (C=O) groups is 1. The Bertz CT molecular complexity index is 1070. The van der Waals surface area contributed by atoms with E-state index in [1.54, 1.807) is 12.1 Å². The highest BCUT2D eigenvalue weighted by Crippen LogP contribution is 2.34. The number of hydrogen-bond acceptors (Lipinski definition) is 4. The van der Waals surface area contributed by atoms with Gasteiger partial charge < -0.3 is 10.1 Å². The SMILES string of the molecule is CCOc1ccc(S(=O)(=O)N2CCC(C(=O)Nc3cc(C(F)(F)F)ccc3Cl)CC2)cc1. The molecule has 3 rings (SSSR count). The van der Waals surface area contributed by atoms with Crippen LogP contribution in [0.5, 0.6) is 5.75 Å². The van der Waals surface area contributed by atoms with E-state index in [0.717, 1.165) is 18.2 Å². The molecule has 6 nitrogen and oxygen atoms in total. The van der Waals surface area contributed by atoms with E-state index in [0.29, 0.717) is 12.4 Å². The first-order valence-corrected chi connectivity index (χ1v) is 11.7. The molecule has 11 heteroatoms. The minimum atomic E-state index is -4.56. The molecule has 1 aliphatic heterocycles. The average molecular weight is 491 g/mol. The third kappa shape index (κ3) is 5.54. The van der Waals surface area contributed by atoms with Gasteiger partial charge >= 0.3 is 6.18 Å². The predicted octanol–water partition coefficient (Wildman–Crippen LogP) is 4.80. The van der Waals surface area contributed by atoms with Gasteiger partial charge in [0.1, 0.15) is 5.75 Å². The standard InChI is InChI=1S/C21H22ClF3N2O4S/c1-2-31-16-4-6-17(7-5-16)32(29,30)27-11-9-14(10-12-27)20(28)26-19-13-15(21(23,24)25)3-8-18(19)22/h3-8,13-14H,2,9-12H2,1H3,(H,26,28). The van der Waals surface area contributed by atoms with Crippen molar-refractivity contribution in [2.24, 2.45) is 5.92 Å². The lowest BCUT2D eigenvalue weighted by atomic mass is 9.97. The maximum Gasteiger partial charge on any atom is 0.416 e. The molecule has 1 saturated heterocycles. The van der Waals surface area contributed by atoms with Gasteiger partial charge in [0.15, 0.2) is 0 Å². The minimum Gasteiger partial charge on any atom is -0.494 e. The highest BCUT2D eigenvalue weighted by Gasteiger charge is 2.34. The molecule has 0 bridgehead atoms. The van der Waals surface area contributed by atoms with Gasteiger partial charge in [-0.25, -0.2) is 8.42 Å². The number of piperidine rings is 1. The number of sulfonamides is 1. The van der Waals surface area contributed by atoms with Gasteiger partial charge in [-0.2, -0.15) is 17.5 Å². The number of rotatable bonds is 6. The average Bonchev–Trinajstić information content (AvgIpc) is 2.75. The van der Waals surface area contributed by atoms with E-state index >= 15 is 0 Å². The van der Waals surface area contributed by atoms with Crippen molar-refractivity contribution >= 4 is 33.2 Å². The third-order valence-corrected chi connectivity index (χ3v) is 7.39. The highest BCUT2D eigenvalue weighted by molar-refractivity contribution is 7.89. The summed E-state index contributed by atoms with van der Waals surface area (Å²) < 4.78 is 71.1. The van der Waals surface area contributed by atoms with Crippen LogP contribution in [-0.2, 0) is 21.0 Å². The van der Waals surface area contributed by atoms with Crippen molar-refractivity contribution in [2.75, 3.05) is 25.0 Å². The lowest BCUT2D eigenvalue weighted by molar-refractivity contribution is -0.137. The second-order valence-electron chi connectivity index (χ2n) is 7.26. The Hall–Kier alpha value is -2.30. The van der Waals surface area contributed by atoms with Gasteiger partial charge in [0.05, 0.1) is 27.8 Å². The Kier molecular flexibility index (Phi) is 7.36. The Morgan fingerprint density at radius 1 is 1.16 bits per heavy atom. The normalized spacial score (nSPS) is 16.0. The number of ether oxygens (including phenoxy) is 1. The van der Waals surface area contributed by atoms with Gasteiger partial charge in [-0.3, -0.25) is 4.79 Å². The third-order valence-electron chi connectivity index (χ3n) is 5.15. The number of halogens is 4. The first-order chi connectivity index (χ1) is 15.0. The van der Waals surface area contributed by atoms with Crippen LogP contribution in [-0.4, -0.2) is 38.3 Å². The van der Waals surface area contributed by atoms with E-state index < -0.39 is 33.6 Å². The number of amides is 1. The number of nitrogens with zero attached hydrogens (tertiary/aromatic N) is 1. The van der Waals surface area contributed by atoms with Gasteiger partial charge in [-0.15, -0.1) is 0 Å². The fourth-order valence-electron chi connectivity index (χ4n) is 3.41. The fourth-order valence-corrected chi connectivity index (χ4v) is 5.05. The van der Waals surface area contributed by atoms with E-state index in [1.165, 1.54) is 16.4 Å². The van der Waals surface area contributed by atoms with Crippen LogP contribution in [0.1, 0.15) is 25.3 Å². The number of hydrogen-bond donors (Lipinski definition) is 1. The fraction of sp³-hybridized carbons (Fsp3) is 0.381. The Morgan fingerprint density at radius 3 is 2.34 bits per heavy atom. The molecule has 0 saturated carbocycles. The van der Waals surface area contributed by atoms with Crippen molar-refractivity contribution in [3.8, 4) is 5.75 Å². The summed E-state index contributed by atoms with van der Waals surface area (Å²) in [5.74, 6) is -0.480. The molecule has 1 N–H and O–H groups in total. The van der Waals surface area contributed by atoms with Gasteiger partial charge in [-0.05, 0) is 62.2 Å². The number of alkyl halides is 3. The molecule has 0 unspecified atom stereocenters. The molecule has 0 radical (unpaired) electrons. The second-order valence-corrected chi connectivity index (χ2v) is 9.61. The van der Waals surface area contributed by atoms with Gasteiger partial charge in [0, 0.05) is 19.0 Å². The number of nitrogens with one attached hydrogen (secondary N) is 1. The molecule has 1 amide bonds. The summed E-state index contributed by atoms with van der Waals surface area (Å²) in [6.45, 7) is 2.52. The van der Waals surface area contributed by atoms with Crippen molar-refractivity contribution in [3.05, 3.63) is 53.1 Å². The molecule has 174 valence electrons. The number of carbonyl (C=O) groups excluding carboxylic acids is 1. The molecule has 1 fully saturated rings. The number of anilines is 1. The molecule has 32 heavy (non-hydrogen) atoms. The summed E-state index contributed by atoms with van der Waals surface area (Å²) >= 11 is 5.93. The van der Waals surface area contributed by atoms with Crippen LogP contribution in [0.25, 0.3) is 0 Å². The zero-order chi connectivity index (χ0) is 23.5. The molecule has 2 aromatic rings. The Labute approximate surface area is 189 Å². The molecular formula is C21H22ClF3N2O4S. The van der Waals surface area contributed by atoms with E-state index in [1.807, 2.05) is 6.92 Å². The van der Waals surface area contributed by atoms with Crippen molar-refractivity contribution < 1.29 is 31.1 Å². The lowest BCUT2D eigenvalue weighted by Crippen LogP contribution is -2.41. The molecule has 0 spiro atoms. The largest absolute Gasteiger partial charge is 0.494 e. The second kappa shape index (κ2) is 9.68. The molecule has 0 aliphatic carbocycles. The first kappa shape index (κ1) is 24.3. The molecular weight excluding hydrogens is 469 g/mol. The lowest BCUT2D eigenvalue weighted by Gasteiger charge is -2.30. The van der Waals surface area contributed by atoms with Crippen LogP contribution in [0.15, 0.2) is 47.4 Å². The Morgan fingerprint density at radius 2 is 1.78 bits per heavy atom. The van der Waals surface area contributed by atoms with Crippen LogP contribution in [0.2, 0.25) is 5.02 Å². The summed E-state index contributed by atoms with van der Waals surface area (Å²) in [5.41, 5.74) is -1.05. The van der Waals surface area contributed by atoms with Crippen molar-refractivity contribution in [1.82, 2.24) is 4.31 Å². The van der Waals surface area contributed by atoms with Crippen LogP contribution in [0.3, 0.4) is 0 Å². The summed E-state index contributed by atoms with van der Waals surface area (Å²) in [7, 11) is -3.73. The van der Waals surface area contributed by atoms with Gasteiger partial charge in [0.25, 0.3) is 0 Å². The molecule has 2 aromatic carbocycles. The van der Waals surface area contributed by atoms with Crippen LogP contribution >= 0.6 is 11.6 Å². The van der Waals surface area contributed by atoms with Crippen LogP contribution < -0.4 is 10.1 Å². The molecule has 1 heterocycles. The smallest absolute Gasteiger partial charge is 0.416 e. The first-order valence-electron chi connectivity index (χ1n) is 9.93. The monoisotopic (exact) mass is 490 g/mol. The summed E-state index contributed by atoms with van der Waals surface area (Å²) in [5, 5.41) is 2.43. The zero-order valence-electron chi connectivity index (χ0n) is 17.2. The number of benzene rings is 2. The predicted molar refractivity (Wildman–Crippen MR) is 114 cm³/mol. The topological polar surface area (TPSA) is 75.7 Å². The van der Waals surface area contributed by atoms with E-state index in [2.05, 4.69) is 5.32 Å². The van der Waals surface area contributed by atoms with E-state index in [9.17, 15) is 26.4 Å². The van der Waals surface area contributed by atoms with Gasteiger partial charge in [-0.1, -0.05) is 11.6 Å². The highest BCUT2D eigenvalue weighted by atomic mass is 35.5. The Balaban J connectivity index is 1.63. The van der Waals surface area contributed by atoms with E-state index in [4.69, 9.17) is 16.3 Å². The quantitative estimate of drug-likeness (QED) is 0.631. The summed E-state index contributed by atoms with van der Waals surface area (Å²) in [6, 6.07) is 8.79. The van der Waals surface area contributed by atoms with Gasteiger partial charge in [0.2, 0.25) is 15.9 Å². The zero-order valence-corrected chi connectivity index (χ0v) is 18.7. The summed E-state index contributed by atoms with van der Waals surface area (Å²) in [4.78, 5) is 12.7. The van der Waals surface area contributed by atoms with Crippen LogP contribution in [0.4, 0.5) is 18.9 Å². The molecule has 1 aliphatic rings. The van der Waals surface area contributed by atoms with Crippen molar-refractivity contribution in [2.45, 2.75) is 30.8 Å². The van der Waals surface area contributed by atoms with Crippen molar-refractivity contribution in [1.29, 1.82) is 0 Å². The van der Waals surface area contributed by atoms with E-state index in [-0.39, 0.29) is 41.5 Å². The molecule has 0 atom stereocenters. The van der Waals surface area contributed by atoms with Crippen LogP contribution in [0, 0.1) is 5.92 Å². The minimum absolute atomic E-state index is 0.0122. The maximum atomic E-state index is 12.9. The maximum absolute atomic E-state index is 12.9. The van der Waals surface area contributed by atoms with Crippen molar-refractivity contribution in [3.63, 3.8) is 0 Å².